The highest BCUT2D eigenvalue weighted by Gasteiger charge is 2.17. The van der Waals surface area contributed by atoms with Crippen LogP contribution in [0.5, 0.6) is 0 Å². The molecule has 0 bridgehead atoms. The summed E-state index contributed by atoms with van der Waals surface area (Å²) < 4.78 is 0. The van der Waals surface area contributed by atoms with Gasteiger partial charge in [0.25, 0.3) is 0 Å². The maximum atomic E-state index is 5.14. The van der Waals surface area contributed by atoms with E-state index in [0.29, 0.717) is 17.5 Å². The molecule has 0 spiro atoms. The molecule has 1 aromatic heterocycles. The molecule has 0 unspecified atom stereocenters. The smallest absolute Gasteiger partial charge is 0.164 e. The molecule has 0 amide bonds. The molecule has 9 aromatic rings. The van der Waals surface area contributed by atoms with Gasteiger partial charge in [-0.25, -0.2) is 15.0 Å². The predicted molar refractivity (Wildman–Crippen MR) is 209 cm³/mol. The Morgan fingerprint density at radius 1 is 0.300 bits per heavy atom. The number of aromatic nitrogens is 3. The summed E-state index contributed by atoms with van der Waals surface area (Å²) >= 11 is 0. The fourth-order valence-corrected chi connectivity index (χ4v) is 7.30. The molecule has 0 saturated heterocycles. The average Bonchev–Trinajstić information content (AvgIpc) is 3.17. The van der Waals surface area contributed by atoms with E-state index in [2.05, 4.69) is 178 Å². The molecule has 50 heavy (non-hydrogen) atoms. The highest BCUT2D eigenvalue weighted by molar-refractivity contribution is 5.99. The van der Waals surface area contributed by atoms with Crippen molar-refractivity contribution in [2.45, 2.75) is 13.8 Å². The van der Waals surface area contributed by atoms with Crippen LogP contribution in [0.25, 0.3) is 88.7 Å². The third kappa shape index (κ3) is 5.21. The van der Waals surface area contributed by atoms with Gasteiger partial charge in [-0.1, -0.05) is 158 Å². The van der Waals surface area contributed by atoms with Crippen LogP contribution in [-0.2, 0) is 0 Å². The van der Waals surface area contributed by atoms with Gasteiger partial charge in [0.2, 0.25) is 0 Å². The average molecular weight is 640 g/mol. The van der Waals surface area contributed by atoms with Gasteiger partial charge in [0.15, 0.2) is 17.5 Å². The number of nitrogens with zero attached hydrogens (tertiary/aromatic N) is 3. The SMILES string of the molecule is Cc1cc(-c2nc(-c3cccc4ccccc34)nc(-c3cccc4ccccc34)n2)ccc1-c1ccc(-c2cccc3ccccc23)cc1C. The molecule has 8 aromatic carbocycles. The fourth-order valence-electron chi connectivity index (χ4n) is 7.30. The molecule has 0 atom stereocenters. The molecule has 0 saturated carbocycles. The molecule has 3 nitrogen and oxygen atoms in total. The van der Waals surface area contributed by atoms with Gasteiger partial charge in [0, 0.05) is 16.7 Å². The molecule has 0 aliphatic heterocycles. The van der Waals surface area contributed by atoms with E-state index in [1.807, 2.05) is 0 Å². The summed E-state index contributed by atoms with van der Waals surface area (Å²) in [6, 6.07) is 57.9. The Morgan fingerprint density at radius 2 is 0.680 bits per heavy atom. The Hall–Kier alpha value is -6.45. The van der Waals surface area contributed by atoms with E-state index >= 15 is 0 Å². The quantitative estimate of drug-likeness (QED) is 0.188. The zero-order chi connectivity index (χ0) is 33.6. The highest BCUT2D eigenvalue weighted by Crippen LogP contribution is 2.36. The van der Waals surface area contributed by atoms with Gasteiger partial charge in [-0.05, 0) is 85.6 Å². The summed E-state index contributed by atoms with van der Waals surface area (Å²) in [5.74, 6) is 1.98. The molecule has 1 heterocycles. The van der Waals surface area contributed by atoms with Crippen LogP contribution < -0.4 is 0 Å². The molecule has 0 radical (unpaired) electrons. The Kier molecular flexibility index (Phi) is 7.25. The first-order chi connectivity index (χ1) is 24.6. The second-order valence-electron chi connectivity index (χ2n) is 12.9. The monoisotopic (exact) mass is 639 g/mol. The number of aryl methyl sites for hydroxylation is 2. The van der Waals surface area contributed by atoms with E-state index < -0.39 is 0 Å². The van der Waals surface area contributed by atoms with Crippen molar-refractivity contribution in [3.8, 4) is 56.4 Å². The summed E-state index contributed by atoms with van der Waals surface area (Å²) in [7, 11) is 0. The Labute approximate surface area is 291 Å². The first-order valence-corrected chi connectivity index (χ1v) is 17.0. The standard InChI is InChI=1S/C47H33N3/c1-30-28-35(42-21-9-15-32-12-3-6-18-39(32)42)24-26-37(30)38-27-25-36(29-31(38)2)45-48-46(43-22-10-16-33-13-4-7-19-40(33)43)50-47(49-45)44-23-11-17-34-14-5-8-20-41(34)44/h3-29H,1-2H3. The normalized spacial score (nSPS) is 11.4. The third-order valence-corrected chi connectivity index (χ3v) is 9.80. The largest absolute Gasteiger partial charge is 0.208 e. The second-order valence-corrected chi connectivity index (χ2v) is 12.9. The minimum absolute atomic E-state index is 0.656. The lowest BCUT2D eigenvalue weighted by molar-refractivity contribution is 1.08. The van der Waals surface area contributed by atoms with Gasteiger partial charge in [0.1, 0.15) is 0 Å². The van der Waals surface area contributed by atoms with Gasteiger partial charge in [0.05, 0.1) is 0 Å². The van der Waals surface area contributed by atoms with E-state index in [1.54, 1.807) is 0 Å². The highest BCUT2D eigenvalue weighted by atomic mass is 15.0. The molecular formula is C47H33N3. The van der Waals surface area contributed by atoms with Crippen LogP contribution in [0.4, 0.5) is 0 Å². The van der Waals surface area contributed by atoms with Gasteiger partial charge in [-0.2, -0.15) is 0 Å². The van der Waals surface area contributed by atoms with Gasteiger partial charge in [-0.15, -0.1) is 0 Å². The lowest BCUT2D eigenvalue weighted by atomic mass is 9.91. The molecule has 0 aliphatic carbocycles. The van der Waals surface area contributed by atoms with Crippen molar-refractivity contribution in [3.63, 3.8) is 0 Å². The van der Waals surface area contributed by atoms with Crippen molar-refractivity contribution in [3.05, 3.63) is 175 Å². The van der Waals surface area contributed by atoms with E-state index in [0.717, 1.165) is 38.2 Å². The molecule has 0 fully saturated rings. The molecule has 236 valence electrons. The van der Waals surface area contributed by atoms with E-state index in [1.165, 1.54) is 44.2 Å². The summed E-state index contributed by atoms with van der Waals surface area (Å²) in [4.78, 5) is 15.4. The maximum absolute atomic E-state index is 5.14. The lowest BCUT2D eigenvalue weighted by Crippen LogP contribution is -2.01. The molecule has 0 N–H and O–H groups in total. The van der Waals surface area contributed by atoms with Crippen molar-refractivity contribution in [2.24, 2.45) is 0 Å². The zero-order valence-electron chi connectivity index (χ0n) is 27.9. The van der Waals surface area contributed by atoms with Crippen molar-refractivity contribution in [2.75, 3.05) is 0 Å². The Bertz CT molecular complexity index is 2630. The molecular weight excluding hydrogens is 607 g/mol. The first kappa shape index (κ1) is 29.7. The summed E-state index contributed by atoms with van der Waals surface area (Å²) in [5, 5.41) is 7.06. The minimum Gasteiger partial charge on any atom is -0.208 e. The van der Waals surface area contributed by atoms with Crippen LogP contribution >= 0.6 is 0 Å². The van der Waals surface area contributed by atoms with Crippen LogP contribution in [0.2, 0.25) is 0 Å². The molecule has 0 aliphatic rings. The zero-order valence-corrected chi connectivity index (χ0v) is 27.9. The Morgan fingerprint density at radius 3 is 1.18 bits per heavy atom. The second kappa shape index (κ2) is 12.2. The van der Waals surface area contributed by atoms with Gasteiger partial charge in [-0.3, -0.25) is 0 Å². The number of hydrogen-bond donors (Lipinski definition) is 0. The number of hydrogen-bond acceptors (Lipinski definition) is 3. The minimum atomic E-state index is 0.656. The summed E-state index contributed by atoms with van der Waals surface area (Å²) in [5.41, 5.74) is 10.3. The first-order valence-electron chi connectivity index (χ1n) is 17.0. The molecule has 3 heteroatoms. The Balaban J connectivity index is 1.16. The lowest BCUT2D eigenvalue weighted by Gasteiger charge is -2.15. The van der Waals surface area contributed by atoms with Crippen molar-refractivity contribution in [1.82, 2.24) is 15.0 Å². The van der Waals surface area contributed by atoms with Crippen molar-refractivity contribution in [1.29, 1.82) is 0 Å². The van der Waals surface area contributed by atoms with Gasteiger partial charge >= 0.3 is 0 Å². The van der Waals surface area contributed by atoms with Crippen LogP contribution in [-0.4, -0.2) is 15.0 Å². The third-order valence-electron chi connectivity index (χ3n) is 9.80. The van der Waals surface area contributed by atoms with E-state index in [4.69, 9.17) is 15.0 Å². The van der Waals surface area contributed by atoms with E-state index in [-0.39, 0.29) is 0 Å². The predicted octanol–water partition coefficient (Wildman–Crippen LogP) is 12.3. The topological polar surface area (TPSA) is 38.7 Å². The van der Waals surface area contributed by atoms with Crippen LogP contribution in [0, 0.1) is 13.8 Å². The maximum Gasteiger partial charge on any atom is 0.164 e. The summed E-state index contributed by atoms with van der Waals surface area (Å²) in [6.07, 6.45) is 0. The number of fused-ring (bicyclic) bond motifs is 3. The van der Waals surface area contributed by atoms with Crippen molar-refractivity contribution < 1.29 is 0 Å². The number of rotatable bonds is 5. The van der Waals surface area contributed by atoms with Crippen LogP contribution in [0.3, 0.4) is 0 Å². The van der Waals surface area contributed by atoms with Crippen LogP contribution in [0.15, 0.2) is 164 Å². The van der Waals surface area contributed by atoms with Crippen molar-refractivity contribution >= 4 is 32.3 Å². The summed E-state index contributed by atoms with van der Waals surface area (Å²) in [6.45, 7) is 4.38. The fraction of sp³-hybridized carbons (Fsp3) is 0.0426. The van der Waals surface area contributed by atoms with E-state index in [9.17, 15) is 0 Å². The van der Waals surface area contributed by atoms with Crippen LogP contribution in [0.1, 0.15) is 11.1 Å². The van der Waals surface area contributed by atoms with Gasteiger partial charge < -0.3 is 0 Å². The number of benzene rings is 8. The molecule has 9 rings (SSSR count).